The van der Waals surface area contributed by atoms with E-state index < -0.39 is 17.8 Å². The van der Waals surface area contributed by atoms with E-state index in [0.717, 1.165) is 6.07 Å². The Kier molecular flexibility index (Phi) is 6.27. The lowest BCUT2D eigenvalue weighted by Gasteiger charge is -2.18. The van der Waals surface area contributed by atoms with Gasteiger partial charge in [0.15, 0.2) is 0 Å². The first-order valence-electron chi connectivity index (χ1n) is 7.62. The normalized spacial score (nSPS) is 12.7. The SMILES string of the molecule is COc1ccc(OC)c(C(O)CNCc2ccccc2C(F)(F)F)c1. The number of aliphatic hydroxyl groups is 1. The van der Waals surface area contributed by atoms with Crippen LogP contribution in [-0.4, -0.2) is 25.9 Å². The van der Waals surface area contributed by atoms with Gasteiger partial charge in [0.2, 0.25) is 0 Å². The van der Waals surface area contributed by atoms with Crippen molar-refractivity contribution in [2.75, 3.05) is 20.8 Å². The number of hydrogen-bond acceptors (Lipinski definition) is 4. The molecule has 136 valence electrons. The second-order valence-electron chi connectivity index (χ2n) is 5.41. The molecule has 0 bridgehead atoms. The van der Waals surface area contributed by atoms with Crippen molar-refractivity contribution in [2.24, 2.45) is 0 Å². The number of rotatable bonds is 7. The zero-order valence-electron chi connectivity index (χ0n) is 13.9. The van der Waals surface area contributed by atoms with Gasteiger partial charge in [-0.25, -0.2) is 0 Å². The number of hydrogen-bond donors (Lipinski definition) is 2. The third kappa shape index (κ3) is 4.87. The summed E-state index contributed by atoms with van der Waals surface area (Å²) in [5.41, 5.74) is -0.0609. The third-order valence-electron chi connectivity index (χ3n) is 3.77. The molecule has 0 aliphatic rings. The van der Waals surface area contributed by atoms with Crippen LogP contribution in [0.25, 0.3) is 0 Å². The molecule has 4 nitrogen and oxygen atoms in total. The summed E-state index contributed by atoms with van der Waals surface area (Å²) >= 11 is 0. The van der Waals surface area contributed by atoms with E-state index in [0.29, 0.717) is 17.1 Å². The summed E-state index contributed by atoms with van der Waals surface area (Å²) in [6, 6.07) is 10.3. The third-order valence-corrected chi connectivity index (χ3v) is 3.77. The van der Waals surface area contributed by atoms with E-state index >= 15 is 0 Å². The fraction of sp³-hybridized carbons (Fsp3) is 0.333. The van der Waals surface area contributed by atoms with Crippen LogP contribution >= 0.6 is 0 Å². The van der Waals surface area contributed by atoms with Crippen molar-refractivity contribution in [3.8, 4) is 11.5 Å². The van der Waals surface area contributed by atoms with Gasteiger partial charge in [-0.2, -0.15) is 13.2 Å². The van der Waals surface area contributed by atoms with Crippen LogP contribution in [0.4, 0.5) is 13.2 Å². The Hall–Kier alpha value is -2.25. The molecule has 2 N–H and O–H groups in total. The van der Waals surface area contributed by atoms with E-state index in [4.69, 9.17) is 9.47 Å². The maximum absolute atomic E-state index is 13.0. The Morgan fingerprint density at radius 1 is 1.08 bits per heavy atom. The molecule has 0 spiro atoms. The Labute approximate surface area is 144 Å². The largest absolute Gasteiger partial charge is 0.497 e. The molecule has 0 aliphatic carbocycles. The molecule has 25 heavy (non-hydrogen) atoms. The van der Waals surface area contributed by atoms with Crippen LogP contribution in [-0.2, 0) is 12.7 Å². The monoisotopic (exact) mass is 355 g/mol. The van der Waals surface area contributed by atoms with E-state index in [9.17, 15) is 18.3 Å². The van der Waals surface area contributed by atoms with Gasteiger partial charge in [-0.3, -0.25) is 0 Å². The first-order chi connectivity index (χ1) is 11.9. The van der Waals surface area contributed by atoms with Gasteiger partial charge in [-0.05, 0) is 29.8 Å². The first kappa shape index (κ1) is 19.1. The molecule has 0 aromatic heterocycles. The summed E-state index contributed by atoms with van der Waals surface area (Å²) in [4.78, 5) is 0. The van der Waals surface area contributed by atoms with E-state index in [1.165, 1.54) is 26.4 Å². The van der Waals surface area contributed by atoms with Crippen molar-refractivity contribution in [2.45, 2.75) is 18.8 Å². The summed E-state index contributed by atoms with van der Waals surface area (Å²) in [5, 5.41) is 13.2. The average Bonchev–Trinajstić information content (AvgIpc) is 2.60. The van der Waals surface area contributed by atoms with E-state index in [1.54, 1.807) is 24.3 Å². The summed E-state index contributed by atoms with van der Waals surface area (Å²) in [6.45, 7) is 0.0503. The van der Waals surface area contributed by atoms with Gasteiger partial charge in [-0.1, -0.05) is 18.2 Å². The molecule has 0 saturated carbocycles. The predicted molar refractivity (Wildman–Crippen MR) is 87.7 cm³/mol. The maximum Gasteiger partial charge on any atom is 0.416 e. The standard InChI is InChI=1S/C18H20F3NO3/c1-24-13-7-8-17(25-2)14(9-13)16(23)11-22-10-12-5-3-4-6-15(12)18(19,20)21/h3-9,16,22-23H,10-11H2,1-2H3. The smallest absolute Gasteiger partial charge is 0.416 e. The predicted octanol–water partition coefficient (Wildman–Crippen LogP) is 3.55. The lowest BCUT2D eigenvalue weighted by atomic mass is 10.1. The van der Waals surface area contributed by atoms with Crippen molar-refractivity contribution < 1.29 is 27.8 Å². The van der Waals surface area contributed by atoms with Crippen LogP contribution in [0.2, 0.25) is 0 Å². The lowest BCUT2D eigenvalue weighted by molar-refractivity contribution is -0.138. The molecular formula is C18H20F3NO3. The molecule has 0 heterocycles. The Bertz CT molecular complexity index is 704. The number of aliphatic hydroxyl groups excluding tert-OH is 1. The Morgan fingerprint density at radius 2 is 1.80 bits per heavy atom. The minimum Gasteiger partial charge on any atom is -0.497 e. The second-order valence-corrected chi connectivity index (χ2v) is 5.41. The van der Waals surface area contributed by atoms with Crippen LogP contribution in [0.15, 0.2) is 42.5 Å². The van der Waals surface area contributed by atoms with Crippen LogP contribution in [0, 0.1) is 0 Å². The number of benzene rings is 2. The van der Waals surface area contributed by atoms with E-state index in [1.807, 2.05) is 0 Å². The minimum atomic E-state index is -4.41. The zero-order chi connectivity index (χ0) is 18.4. The Morgan fingerprint density at radius 3 is 2.44 bits per heavy atom. The maximum atomic E-state index is 13.0. The molecule has 2 aromatic rings. The molecule has 2 rings (SSSR count). The molecule has 7 heteroatoms. The van der Waals surface area contributed by atoms with Crippen LogP contribution in [0.5, 0.6) is 11.5 Å². The van der Waals surface area contributed by atoms with Gasteiger partial charge in [0.1, 0.15) is 11.5 Å². The highest BCUT2D eigenvalue weighted by Crippen LogP contribution is 2.32. The fourth-order valence-electron chi connectivity index (χ4n) is 2.50. The Balaban J connectivity index is 2.06. The van der Waals surface area contributed by atoms with Crippen molar-refractivity contribution in [3.63, 3.8) is 0 Å². The molecule has 1 unspecified atom stereocenters. The number of methoxy groups -OCH3 is 2. The summed E-state index contributed by atoms with van der Waals surface area (Å²) < 4.78 is 49.2. The summed E-state index contributed by atoms with van der Waals surface area (Å²) in [5.74, 6) is 1.03. The molecule has 0 fully saturated rings. The molecule has 0 radical (unpaired) electrons. The highest BCUT2D eigenvalue weighted by atomic mass is 19.4. The van der Waals surface area contributed by atoms with Crippen LogP contribution in [0.3, 0.4) is 0 Å². The van der Waals surface area contributed by atoms with Gasteiger partial charge >= 0.3 is 6.18 Å². The highest BCUT2D eigenvalue weighted by molar-refractivity contribution is 5.41. The van der Waals surface area contributed by atoms with Gasteiger partial charge in [0.25, 0.3) is 0 Å². The van der Waals surface area contributed by atoms with Crippen molar-refractivity contribution in [3.05, 3.63) is 59.2 Å². The topological polar surface area (TPSA) is 50.7 Å². The molecule has 2 aromatic carbocycles. The molecule has 0 aliphatic heterocycles. The molecular weight excluding hydrogens is 335 g/mol. The fourth-order valence-corrected chi connectivity index (χ4v) is 2.50. The zero-order valence-corrected chi connectivity index (χ0v) is 13.9. The lowest BCUT2D eigenvalue weighted by Crippen LogP contribution is -2.23. The van der Waals surface area contributed by atoms with Crippen LogP contribution in [0.1, 0.15) is 22.8 Å². The molecule has 1 atom stereocenters. The van der Waals surface area contributed by atoms with Gasteiger partial charge in [-0.15, -0.1) is 0 Å². The number of nitrogens with one attached hydrogen (secondary N) is 1. The number of ether oxygens (including phenoxy) is 2. The van der Waals surface area contributed by atoms with Crippen molar-refractivity contribution >= 4 is 0 Å². The highest BCUT2D eigenvalue weighted by Gasteiger charge is 2.32. The number of alkyl halides is 3. The second kappa shape index (κ2) is 8.22. The van der Waals surface area contributed by atoms with Crippen molar-refractivity contribution in [1.82, 2.24) is 5.32 Å². The molecule has 0 amide bonds. The minimum absolute atomic E-state index is 0.0149. The van der Waals surface area contributed by atoms with E-state index in [2.05, 4.69) is 5.32 Å². The van der Waals surface area contributed by atoms with Crippen molar-refractivity contribution in [1.29, 1.82) is 0 Å². The van der Waals surface area contributed by atoms with E-state index in [-0.39, 0.29) is 18.7 Å². The quantitative estimate of drug-likeness (QED) is 0.798. The van der Waals surface area contributed by atoms with Crippen LogP contribution < -0.4 is 14.8 Å². The number of halogens is 3. The summed E-state index contributed by atoms with van der Waals surface area (Å²) in [6.07, 6.45) is -5.37. The van der Waals surface area contributed by atoms with Gasteiger partial charge < -0.3 is 19.9 Å². The van der Waals surface area contributed by atoms with Gasteiger partial charge in [0, 0.05) is 18.7 Å². The molecule has 0 saturated heterocycles. The first-order valence-corrected chi connectivity index (χ1v) is 7.62. The van der Waals surface area contributed by atoms with Gasteiger partial charge in [0.05, 0.1) is 25.9 Å². The summed E-state index contributed by atoms with van der Waals surface area (Å²) in [7, 11) is 2.98. The average molecular weight is 355 g/mol.